The SMILES string of the molecule is CC(C)(/C=C\CCCCO)COCc1ccccc1. The van der Waals surface area contributed by atoms with E-state index in [1.165, 1.54) is 5.56 Å². The standard InChI is InChI=1S/C17H26O2/c1-17(2,12-8-3-4-9-13-18)15-19-14-16-10-6-5-7-11-16/h5-8,10-12,18H,3-4,9,13-15H2,1-2H3/b12-8-. The molecule has 106 valence electrons. The third kappa shape index (κ3) is 7.81. The molecule has 2 heteroatoms. The molecule has 0 radical (unpaired) electrons. The molecule has 1 N–H and O–H groups in total. The Bertz CT molecular complexity index is 355. The number of unbranched alkanes of at least 4 members (excludes halogenated alkanes) is 2. The fourth-order valence-electron chi connectivity index (χ4n) is 1.83. The van der Waals surface area contributed by atoms with Gasteiger partial charge in [-0.25, -0.2) is 0 Å². The van der Waals surface area contributed by atoms with Crippen molar-refractivity contribution in [1.29, 1.82) is 0 Å². The van der Waals surface area contributed by atoms with Gasteiger partial charge in [-0.2, -0.15) is 0 Å². The highest BCUT2D eigenvalue weighted by molar-refractivity contribution is 5.13. The first kappa shape index (κ1) is 15.9. The number of hydrogen-bond acceptors (Lipinski definition) is 2. The Morgan fingerprint density at radius 1 is 1.16 bits per heavy atom. The van der Waals surface area contributed by atoms with Crippen LogP contribution in [0.1, 0.15) is 38.7 Å². The highest BCUT2D eigenvalue weighted by atomic mass is 16.5. The molecule has 19 heavy (non-hydrogen) atoms. The van der Waals surface area contributed by atoms with Crippen molar-refractivity contribution in [2.45, 2.75) is 39.7 Å². The van der Waals surface area contributed by atoms with E-state index in [0.717, 1.165) is 25.9 Å². The fourth-order valence-corrected chi connectivity index (χ4v) is 1.83. The zero-order valence-electron chi connectivity index (χ0n) is 12.1. The van der Waals surface area contributed by atoms with Gasteiger partial charge in [0, 0.05) is 12.0 Å². The molecule has 0 heterocycles. The third-order valence-electron chi connectivity index (χ3n) is 2.93. The molecule has 1 aromatic carbocycles. The molecular formula is C17H26O2. The third-order valence-corrected chi connectivity index (χ3v) is 2.93. The van der Waals surface area contributed by atoms with Gasteiger partial charge in [0.1, 0.15) is 0 Å². The average molecular weight is 262 g/mol. The van der Waals surface area contributed by atoms with E-state index in [1.54, 1.807) is 0 Å². The minimum absolute atomic E-state index is 0.0635. The van der Waals surface area contributed by atoms with Gasteiger partial charge < -0.3 is 9.84 Å². The summed E-state index contributed by atoms with van der Waals surface area (Å²) in [7, 11) is 0. The van der Waals surface area contributed by atoms with Gasteiger partial charge in [0.2, 0.25) is 0 Å². The van der Waals surface area contributed by atoms with Crippen LogP contribution in [0.2, 0.25) is 0 Å². The summed E-state index contributed by atoms with van der Waals surface area (Å²) >= 11 is 0. The Kier molecular flexibility index (Phi) is 7.46. The molecule has 0 atom stereocenters. The van der Waals surface area contributed by atoms with Crippen molar-refractivity contribution in [3.05, 3.63) is 48.0 Å². The summed E-state index contributed by atoms with van der Waals surface area (Å²) in [6, 6.07) is 10.2. The first-order valence-electron chi connectivity index (χ1n) is 7.04. The van der Waals surface area contributed by atoms with Crippen molar-refractivity contribution in [1.82, 2.24) is 0 Å². The van der Waals surface area contributed by atoms with E-state index in [9.17, 15) is 0 Å². The van der Waals surface area contributed by atoms with Crippen LogP contribution >= 0.6 is 0 Å². The Hall–Kier alpha value is -1.12. The lowest BCUT2D eigenvalue weighted by molar-refractivity contribution is 0.0716. The largest absolute Gasteiger partial charge is 0.396 e. The Balaban J connectivity index is 2.22. The monoisotopic (exact) mass is 262 g/mol. The normalized spacial score (nSPS) is 12.2. The summed E-state index contributed by atoms with van der Waals surface area (Å²) in [5.74, 6) is 0. The summed E-state index contributed by atoms with van der Waals surface area (Å²) < 4.78 is 5.77. The quantitative estimate of drug-likeness (QED) is 0.539. The van der Waals surface area contributed by atoms with E-state index in [-0.39, 0.29) is 12.0 Å². The van der Waals surface area contributed by atoms with Crippen LogP contribution in [0.5, 0.6) is 0 Å². The second-order valence-corrected chi connectivity index (χ2v) is 5.59. The molecule has 1 rings (SSSR count). The van der Waals surface area contributed by atoms with Crippen molar-refractivity contribution in [2.75, 3.05) is 13.2 Å². The zero-order valence-corrected chi connectivity index (χ0v) is 12.1. The maximum Gasteiger partial charge on any atom is 0.0717 e. The van der Waals surface area contributed by atoms with Crippen molar-refractivity contribution >= 4 is 0 Å². The van der Waals surface area contributed by atoms with Gasteiger partial charge in [0.25, 0.3) is 0 Å². The Morgan fingerprint density at radius 3 is 2.58 bits per heavy atom. The van der Waals surface area contributed by atoms with Gasteiger partial charge in [-0.3, -0.25) is 0 Å². The van der Waals surface area contributed by atoms with Crippen LogP contribution < -0.4 is 0 Å². The number of hydrogen-bond donors (Lipinski definition) is 1. The summed E-state index contributed by atoms with van der Waals surface area (Å²) in [5, 5.41) is 8.71. The molecule has 0 saturated heterocycles. The first-order chi connectivity index (χ1) is 9.14. The maximum atomic E-state index is 8.71. The molecule has 0 aliphatic rings. The summed E-state index contributed by atoms with van der Waals surface area (Å²) in [4.78, 5) is 0. The number of ether oxygens (including phenoxy) is 1. The van der Waals surface area contributed by atoms with E-state index >= 15 is 0 Å². The van der Waals surface area contributed by atoms with E-state index in [2.05, 4.69) is 38.1 Å². The predicted octanol–water partition coefficient (Wildman–Crippen LogP) is 3.95. The number of aliphatic hydroxyl groups excluding tert-OH is 1. The molecule has 0 saturated carbocycles. The topological polar surface area (TPSA) is 29.5 Å². The molecule has 0 aliphatic carbocycles. The second kappa shape index (κ2) is 8.89. The van der Waals surface area contributed by atoms with E-state index in [0.29, 0.717) is 6.61 Å². The predicted molar refractivity (Wildman–Crippen MR) is 80.0 cm³/mol. The average Bonchev–Trinajstić information content (AvgIpc) is 2.39. The van der Waals surface area contributed by atoms with Crippen LogP contribution in [0.15, 0.2) is 42.5 Å². The highest BCUT2D eigenvalue weighted by Gasteiger charge is 2.13. The molecule has 0 bridgehead atoms. The summed E-state index contributed by atoms with van der Waals surface area (Å²) in [6.45, 7) is 6.04. The number of allylic oxidation sites excluding steroid dienone is 1. The Labute approximate surface area is 117 Å². The molecule has 0 aliphatic heterocycles. The Morgan fingerprint density at radius 2 is 1.89 bits per heavy atom. The van der Waals surface area contributed by atoms with Crippen LogP contribution in [0.3, 0.4) is 0 Å². The van der Waals surface area contributed by atoms with Crippen LogP contribution in [-0.2, 0) is 11.3 Å². The van der Waals surface area contributed by atoms with Gasteiger partial charge in [-0.05, 0) is 24.8 Å². The maximum absolute atomic E-state index is 8.71. The molecular weight excluding hydrogens is 236 g/mol. The molecule has 0 spiro atoms. The molecule has 0 fully saturated rings. The number of benzene rings is 1. The van der Waals surface area contributed by atoms with Crippen LogP contribution in [0.25, 0.3) is 0 Å². The number of rotatable bonds is 9. The number of aliphatic hydroxyl groups is 1. The summed E-state index contributed by atoms with van der Waals surface area (Å²) in [5.41, 5.74) is 1.28. The molecule has 0 amide bonds. The van der Waals surface area contributed by atoms with Gasteiger partial charge in [-0.1, -0.05) is 56.3 Å². The highest BCUT2D eigenvalue weighted by Crippen LogP contribution is 2.19. The molecule has 0 unspecified atom stereocenters. The molecule has 1 aromatic rings. The zero-order chi connectivity index (χ0) is 14.0. The van der Waals surface area contributed by atoms with Crippen LogP contribution in [0.4, 0.5) is 0 Å². The van der Waals surface area contributed by atoms with Crippen molar-refractivity contribution in [2.24, 2.45) is 5.41 Å². The molecule has 0 aromatic heterocycles. The fraction of sp³-hybridized carbons (Fsp3) is 0.529. The van der Waals surface area contributed by atoms with Crippen LogP contribution in [0, 0.1) is 5.41 Å². The van der Waals surface area contributed by atoms with E-state index in [4.69, 9.17) is 9.84 Å². The lowest BCUT2D eigenvalue weighted by atomic mass is 9.93. The first-order valence-corrected chi connectivity index (χ1v) is 7.04. The van der Waals surface area contributed by atoms with Crippen molar-refractivity contribution in [3.8, 4) is 0 Å². The lowest BCUT2D eigenvalue weighted by Gasteiger charge is -2.20. The van der Waals surface area contributed by atoms with Crippen molar-refractivity contribution < 1.29 is 9.84 Å². The minimum Gasteiger partial charge on any atom is -0.396 e. The van der Waals surface area contributed by atoms with Gasteiger partial charge >= 0.3 is 0 Å². The van der Waals surface area contributed by atoms with E-state index < -0.39 is 0 Å². The van der Waals surface area contributed by atoms with Crippen molar-refractivity contribution in [3.63, 3.8) is 0 Å². The lowest BCUT2D eigenvalue weighted by Crippen LogP contribution is -2.16. The smallest absolute Gasteiger partial charge is 0.0717 e. The summed E-state index contributed by atoms with van der Waals surface area (Å²) in [6.07, 6.45) is 7.38. The van der Waals surface area contributed by atoms with Gasteiger partial charge in [0.05, 0.1) is 13.2 Å². The minimum atomic E-state index is 0.0635. The van der Waals surface area contributed by atoms with Gasteiger partial charge in [-0.15, -0.1) is 0 Å². The molecule has 2 nitrogen and oxygen atoms in total. The van der Waals surface area contributed by atoms with E-state index in [1.807, 2.05) is 18.2 Å². The second-order valence-electron chi connectivity index (χ2n) is 5.59. The van der Waals surface area contributed by atoms with Crippen LogP contribution in [-0.4, -0.2) is 18.3 Å². The van der Waals surface area contributed by atoms with Gasteiger partial charge in [0.15, 0.2) is 0 Å².